The zero-order valence-electron chi connectivity index (χ0n) is 23.6. The fourth-order valence-corrected chi connectivity index (χ4v) is 5.74. The van der Waals surface area contributed by atoms with Crippen LogP contribution in [0.15, 0.2) is 46.8 Å². The summed E-state index contributed by atoms with van der Waals surface area (Å²) in [6, 6.07) is 6.05. The molecular weight excluding hydrogens is 585 g/mol. The molecule has 0 unspecified atom stereocenters. The average molecular weight is 615 g/mol. The summed E-state index contributed by atoms with van der Waals surface area (Å²) < 4.78 is 47.3. The molecule has 226 valence electrons. The maximum absolute atomic E-state index is 13.6. The molecule has 0 bridgehead atoms. The molecule has 4 aromatic rings. The van der Waals surface area contributed by atoms with E-state index in [0.717, 1.165) is 29.8 Å². The third kappa shape index (κ3) is 6.25. The molecule has 2 N–H and O–H groups in total. The van der Waals surface area contributed by atoms with E-state index in [1.54, 1.807) is 25.1 Å². The highest BCUT2D eigenvalue weighted by molar-refractivity contribution is 7.13. The molecular formula is C29H29F3N6O4S. The number of alkyl halides is 3. The van der Waals surface area contributed by atoms with Crippen molar-refractivity contribution in [1.29, 1.82) is 0 Å². The molecule has 1 fully saturated rings. The summed E-state index contributed by atoms with van der Waals surface area (Å²) in [5, 5.41) is 6.47. The van der Waals surface area contributed by atoms with Crippen molar-refractivity contribution < 1.29 is 27.5 Å². The highest BCUT2D eigenvalue weighted by Gasteiger charge is 2.34. The van der Waals surface area contributed by atoms with Crippen molar-refractivity contribution in [3.8, 4) is 21.7 Å². The maximum atomic E-state index is 13.6. The number of nitrogens with one attached hydrogen (secondary N) is 2. The van der Waals surface area contributed by atoms with Gasteiger partial charge in [-0.2, -0.15) is 13.2 Å². The molecule has 2 amide bonds. The molecule has 0 aliphatic carbocycles. The number of rotatable bonds is 8. The number of urea groups is 1. The number of likely N-dealkylation sites (N-methyl/N-ethyl adjacent to an activating group) is 1. The van der Waals surface area contributed by atoms with Crippen LogP contribution in [-0.4, -0.2) is 64.7 Å². The third-order valence-corrected chi connectivity index (χ3v) is 7.86. The summed E-state index contributed by atoms with van der Waals surface area (Å²) in [5.41, 5.74) is 0.0740. The molecule has 43 heavy (non-hydrogen) atoms. The number of carbonyl (C=O) groups is 2. The van der Waals surface area contributed by atoms with Gasteiger partial charge in [0, 0.05) is 53.9 Å². The molecule has 1 aliphatic heterocycles. The Morgan fingerprint density at radius 3 is 2.58 bits per heavy atom. The monoisotopic (exact) mass is 614 g/mol. The maximum Gasteiger partial charge on any atom is 0.434 e. The van der Waals surface area contributed by atoms with Gasteiger partial charge in [-0.25, -0.2) is 19.6 Å². The summed E-state index contributed by atoms with van der Waals surface area (Å²) in [6.45, 7) is 5.52. The SMILES string of the molecule is CCCNC(=O)Nc1cc(-c2nc(C(F)(F)F)cs2)c(-c2ccc3c(c2)c(=O)c(C(=O)OCC)cn3C2CN(C)C2)cn1. The molecule has 10 nitrogen and oxygen atoms in total. The molecule has 0 atom stereocenters. The van der Waals surface area contributed by atoms with Crippen molar-refractivity contribution in [1.82, 2.24) is 24.8 Å². The Bertz CT molecular complexity index is 1750. The number of halogens is 3. The van der Waals surface area contributed by atoms with Gasteiger partial charge in [0.25, 0.3) is 0 Å². The number of hydrogen-bond donors (Lipinski definition) is 2. The standard InChI is InChI=1S/C29H29F3N6O4S/c1-4-8-33-28(41)36-24-10-18(26-35-23(15-43-26)29(30,31)32)20(11-34-24)16-6-7-22-19(9-16)25(39)21(27(40)42-5-2)14-38(22)17-12-37(3)13-17/h6-7,9-11,14-15,17H,4-5,8,12-13H2,1-3H3,(H2,33,34,36,41). The first kappa shape index (κ1) is 30.2. The highest BCUT2D eigenvalue weighted by Crippen LogP contribution is 2.39. The number of fused-ring (bicyclic) bond motifs is 1. The molecule has 4 heterocycles. The smallest absolute Gasteiger partial charge is 0.434 e. The molecule has 14 heteroatoms. The summed E-state index contributed by atoms with van der Waals surface area (Å²) in [7, 11) is 1.97. The fraction of sp³-hybridized carbons (Fsp3) is 0.345. The number of likely N-dealkylation sites (tertiary alicyclic amines) is 1. The van der Waals surface area contributed by atoms with Crippen molar-refractivity contribution >= 4 is 40.1 Å². The summed E-state index contributed by atoms with van der Waals surface area (Å²) >= 11 is 0.797. The van der Waals surface area contributed by atoms with Crippen molar-refractivity contribution in [3.63, 3.8) is 0 Å². The van der Waals surface area contributed by atoms with Gasteiger partial charge in [-0.15, -0.1) is 11.3 Å². The summed E-state index contributed by atoms with van der Waals surface area (Å²) in [5.74, 6) is -0.624. The first-order valence-corrected chi connectivity index (χ1v) is 14.5. The van der Waals surface area contributed by atoms with E-state index in [-0.39, 0.29) is 40.0 Å². The van der Waals surface area contributed by atoms with E-state index < -0.39 is 29.3 Å². The lowest BCUT2D eigenvalue weighted by Crippen LogP contribution is -2.45. The number of ether oxygens (including phenoxy) is 1. The van der Waals surface area contributed by atoms with Crippen LogP contribution in [0.2, 0.25) is 0 Å². The lowest BCUT2D eigenvalue weighted by molar-refractivity contribution is -0.140. The predicted molar refractivity (Wildman–Crippen MR) is 157 cm³/mol. The van der Waals surface area contributed by atoms with E-state index in [4.69, 9.17) is 4.74 Å². The predicted octanol–water partition coefficient (Wildman–Crippen LogP) is 5.40. The zero-order chi connectivity index (χ0) is 30.9. The van der Waals surface area contributed by atoms with Gasteiger partial charge in [-0.1, -0.05) is 13.0 Å². The van der Waals surface area contributed by atoms with Crippen LogP contribution in [0.25, 0.3) is 32.6 Å². The Labute approximate surface area is 248 Å². The number of nitrogens with zero attached hydrogens (tertiary/aromatic N) is 4. The number of hydrogen-bond acceptors (Lipinski definition) is 8. The Balaban J connectivity index is 1.66. The molecule has 3 aromatic heterocycles. The Morgan fingerprint density at radius 2 is 1.93 bits per heavy atom. The van der Waals surface area contributed by atoms with Gasteiger partial charge in [-0.3, -0.25) is 10.1 Å². The molecule has 1 aliphatic rings. The fourth-order valence-electron chi connectivity index (χ4n) is 4.88. The van der Waals surface area contributed by atoms with Crippen LogP contribution in [0.4, 0.5) is 23.8 Å². The third-order valence-electron chi connectivity index (χ3n) is 6.98. The van der Waals surface area contributed by atoms with Crippen LogP contribution in [0.3, 0.4) is 0 Å². The van der Waals surface area contributed by atoms with Gasteiger partial charge in [0.1, 0.15) is 16.4 Å². The van der Waals surface area contributed by atoms with E-state index in [1.807, 2.05) is 18.5 Å². The van der Waals surface area contributed by atoms with Gasteiger partial charge in [0.05, 0.1) is 18.2 Å². The molecule has 0 saturated carbocycles. The number of carbonyl (C=O) groups excluding carboxylic acids is 2. The van der Waals surface area contributed by atoms with Crippen molar-refractivity contribution in [2.24, 2.45) is 0 Å². The van der Waals surface area contributed by atoms with E-state index in [1.165, 1.54) is 18.5 Å². The topological polar surface area (TPSA) is 118 Å². The Kier molecular flexibility index (Phi) is 8.51. The van der Waals surface area contributed by atoms with Crippen LogP contribution in [0.5, 0.6) is 0 Å². The average Bonchev–Trinajstić information content (AvgIpc) is 3.46. The minimum absolute atomic E-state index is 0.0321. The van der Waals surface area contributed by atoms with Gasteiger partial charge >= 0.3 is 18.2 Å². The van der Waals surface area contributed by atoms with Gasteiger partial charge < -0.3 is 19.5 Å². The minimum atomic E-state index is -4.64. The van der Waals surface area contributed by atoms with E-state index in [2.05, 4.69) is 25.5 Å². The second-order valence-electron chi connectivity index (χ2n) is 10.1. The molecule has 5 rings (SSSR count). The molecule has 0 spiro atoms. The van der Waals surface area contributed by atoms with Crippen LogP contribution in [-0.2, 0) is 10.9 Å². The number of anilines is 1. The Hall–Kier alpha value is -4.30. The Morgan fingerprint density at radius 1 is 1.16 bits per heavy atom. The quantitative estimate of drug-likeness (QED) is 0.255. The largest absolute Gasteiger partial charge is 0.462 e. The van der Waals surface area contributed by atoms with E-state index in [0.29, 0.717) is 29.6 Å². The van der Waals surface area contributed by atoms with Crippen LogP contribution < -0.4 is 16.1 Å². The highest BCUT2D eigenvalue weighted by atomic mass is 32.1. The zero-order valence-corrected chi connectivity index (χ0v) is 24.4. The van der Waals surface area contributed by atoms with Crippen LogP contribution in [0, 0.1) is 0 Å². The van der Waals surface area contributed by atoms with Crippen molar-refractivity contribution in [2.75, 3.05) is 38.6 Å². The lowest BCUT2D eigenvalue weighted by atomic mass is 9.98. The van der Waals surface area contributed by atoms with Gasteiger partial charge in [-0.05, 0) is 44.2 Å². The number of benzene rings is 1. The first-order valence-electron chi connectivity index (χ1n) is 13.6. The van der Waals surface area contributed by atoms with Crippen LogP contribution >= 0.6 is 11.3 Å². The molecule has 1 saturated heterocycles. The number of thiazole rings is 1. The first-order chi connectivity index (χ1) is 20.5. The second-order valence-corrected chi connectivity index (χ2v) is 11.0. The molecule has 1 aromatic carbocycles. The van der Waals surface area contributed by atoms with Crippen LogP contribution in [0.1, 0.15) is 42.4 Å². The summed E-state index contributed by atoms with van der Waals surface area (Å²) in [4.78, 5) is 48.8. The van der Waals surface area contributed by atoms with E-state index >= 15 is 0 Å². The van der Waals surface area contributed by atoms with Crippen molar-refractivity contribution in [3.05, 3.63) is 63.5 Å². The number of esters is 1. The summed E-state index contributed by atoms with van der Waals surface area (Å²) in [6.07, 6.45) is -0.986. The lowest BCUT2D eigenvalue weighted by Gasteiger charge is -2.38. The van der Waals surface area contributed by atoms with Gasteiger partial charge in [0.2, 0.25) is 5.43 Å². The minimum Gasteiger partial charge on any atom is -0.462 e. The number of amides is 2. The molecule has 0 radical (unpaired) electrons. The number of pyridine rings is 2. The van der Waals surface area contributed by atoms with Crippen molar-refractivity contribution in [2.45, 2.75) is 32.5 Å². The van der Waals surface area contributed by atoms with Gasteiger partial charge in [0.15, 0.2) is 5.69 Å². The second kappa shape index (κ2) is 12.1. The number of aromatic nitrogens is 3. The van der Waals surface area contributed by atoms with E-state index in [9.17, 15) is 27.6 Å². The normalized spacial score (nSPS) is 14.0.